The molecule has 8 heterocycles. The number of nitrogens with one attached hydrogen (secondary N) is 5. The maximum Gasteiger partial charge on any atom is 0.419 e. The van der Waals surface area contributed by atoms with Crippen LogP contribution in [-0.4, -0.2) is 130 Å². The van der Waals surface area contributed by atoms with E-state index in [-0.39, 0.29) is 40.9 Å². The predicted molar refractivity (Wildman–Crippen MR) is 281 cm³/mol. The number of hydrogen-bond acceptors (Lipinski definition) is 19. The van der Waals surface area contributed by atoms with E-state index in [0.717, 1.165) is 43.5 Å². The first-order chi connectivity index (χ1) is 37.6. The Labute approximate surface area is 449 Å². The number of rotatable bonds is 16. The highest BCUT2D eigenvalue weighted by Gasteiger charge is 2.39. The fraction of sp³-hybridized carbons (Fsp3) is 0.451. The van der Waals surface area contributed by atoms with E-state index in [2.05, 4.69) is 70.9 Å². The number of methoxy groups -OCH3 is 2. The zero-order valence-corrected chi connectivity index (χ0v) is 45.0. The van der Waals surface area contributed by atoms with Gasteiger partial charge in [0.15, 0.2) is 0 Å². The Morgan fingerprint density at radius 2 is 1.14 bits per heavy atom. The van der Waals surface area contributed by atoms with Gasteiger partial charge in [-0.3, -0.25) is 4.18 Å². The lowest BCUT2D eigenvalue weighted by Gasteiger charge is -2.23. The van der Waals surface area contributed by atoms with Crippen LogP contribution in [0.5, 0.6) is 0 Å². The number of aryl methyl sites for hydroxylation is 4. The van der Waals surface area contributed by atoms with Gasteiger partial charge in [-0.2, -0.15) is 34.8 Å². The van der Waals surface area contributed by atoms with Crippen molar-refractivity contribution in [2.24, 2.45) is 5.73 Å². The normalized spacial score (nSPS) is 17.7. The van der Waals surface area contributed by atoms with Crippen molar-refractivity contribution in [3.63, 3.8) is 0 Å². The summed E-state index contributed by atoms with van der Waals surface area (Å²) < 4.78 is 132. The van der Waals surface area contributed by atoms with Gasteiger partial charge in [0.05, 0.1) is 76.9 Å². The van der Waals surface area contributed by atoms with Gasteiger partial charge in [0.1, 0.15) is 33.9 Å². The second-order valence-electron chi connectivity index (χ2n) is 18.9. The molecule has 0 spiro atoms. The molecule has 0 unspecified atom stereocenters. The number of nitrogens with zero attached hydrogens (tertiary/aromatic N) is 8. The molecule has 2 aliphatic rings. The Bertz CT molecular complexity index is 3450. The molecule has 8 aromatic rings. The van der Waals surface area contributed by atoms with Gasteiger partial charge in [-0.1, -0.05) is 10.3 Å². The van der Waals surface area contributed by atoms with Crippen LogP contribution in [0, 0.1) is 27.7 Å². The molecule has 424 valence electrons. The monoisotopic (exact) mass is 1130 g/mol. The molecule has 2 aliphatic carbocycles. The smallest absolute Gasteiger partial charge is 0.383 e. The van der Waals surface area contributed by atoms with E-state index < -0.39 is 45.7 Å². The van der Waals surface area contributed by atoms with E-state index in [1.54, 1.807) is 59.3 Å². The quantitative estimate of drug-likeness (QED) is 0.0299. The van der Waals surface area contributed by atoms with Crippen molar-refractivity contribution < 1.29 is 57.5 Å². The minimum Gasteiger partial charge on any atom is -0.383 e. The molecule has 0 bridgehead atoms. The number of aromatic amines is 2. The molecule has 0 saturated heterocycles. The molecular weight excluding hydrogens is 1070 g/mol. The van der Waals surface area contributed by atoms with Crippen molar-refractivity contribution in [3.8, 4) is 45.0 Å². The summed E-state index contributed by atoms with van der Waals surface area (Å²) in [5, 5.41) is 18.5. The molecule has 7 N–H and O–H groups in total. The molecule has 0 aromatic carbocycles. The summed E-state index contributed by atoms with van der Waals surface area (Å²) in [6.07, 6.45) is -0.0127. The molecule has 0 amide bonds. The minimum atomic E-state index is -4.71. The van der Waals surface area contributed by atoms with Crippen LogP contribution >= 0.6 is 0 Å². The van der Waals surface area contributed by atoms with Gasteiger partial charge >= 0.3 is 12.4 Å². The third-order valence-electron chi connectivity index (χ3n) is 13.3. The maximum atomic E-state index is 14.0. The summed E-state index contributed by atoms with van der Waals surface area (Å²) in [5.41, 5.74) is 7.84. The number of aromatic nitrogens is 10. The van der Waals surface area contributed by atoms with Gasteiger partial charge in [-0.05, 0) is 90.5 Å². The lowest BCUT2D eigenvalue weighted by atomic mass is 10.1. The van der Waals surface area contributed by atoms with E-state index in [1.807, 2.05) is 6.92 Å². The van der Waals surface area contributed by atoms with Gasteiger partial charge in [-0.25, -0.2) is 29.9 Å². The SMILES string of the molecule is COCCN.COCCN[C@H]1CCC[C@@H]1Nc1ncc(C(F)(F)F)c(-c2c[nH]c3nc(-c4c(C)noc4C)ccc23)n1.Cc1noc(C)c1-c1ccc2c(-c3nc(N[C@H]4CCC[C@H]4OS(C)(=O)=O)ncc3C(F)(F)F)c[nH]c2n1. The molecule has 21 nitrogen and oxygen atoms in total. The van der Waals surface area contributed by atoms with E-state index in [4.69, 9.17) is 23.7 Å². The maximum absolute atomic E-state index is 14.0. The summed E-state index contributed by atoms with van der Waals surface area (Å²) in [7, 11) is -0.431. The minimum absolute atomic E-state index is 0.00341. The Morgan fingerprint density at radius 1 is 0.671 bits per heavy atom. The molecular formula is C51H60F6N14O7S. The van der Waals surface area contributed by atoms with Crippen molar-refractivity contribution in [3.05, 3.63) is 83.1 Å². The number of ether oxygens (including phenoxy) is 2. The second-order valence-corrected chi connectivity index (χ2v) is 20.5. The molecule has 28 heteroatoms. The molecule has 2 saturated carbocycles. The van der Waals surface area contributed by atoms with Gasteiger partial charge in [-0.15, -0.1) is 0 Å². The van der Waals surface area contributed by atoms with Crippen molar-refractivity contribution in [1.82, 2.24) is 55.5 Å². The molecule has 2 fully saturated rings. The van der Waals surface area contributed by atoms with Crippen LogP contribution in [0.4, 0.5) is 38.2 Å². The fourth-order valence-electron chi connectivity index (χ4n) is 9.71. The van der Waals surface area contributed by atoms with E-state index in [1.165, 1.54) is 12.4 Å². The molecule has 79 heavy (non-hydrogen) atoms. The average molecular weight is 1130 g/mol. The van der Waals surface area contributed by atoms with E-state index >= 15 is 0 Å². The van der Waals surface area contributed by atoms with Crippen LogP contribution in [0.15, 0.2) is 58.1 Å². The average Bonchev–Trinajstić information content (AvgIpc) is 4.45. The van der Waals surface area contributed by atoms with Gasteiger partial charge in [0.25, 0.3) is 10.1 Å². The second kappa shape index (κ2) is 24.5. The Morgan fingerprint density at radius 3 is 1.57 bits per heavy atom. The van der Waals surface area contributed by atoms with Crippen LogP contribution in [-0.2, 0) is 36.1 Å². The Balaban J connectivity index is 0.000000192. The number of anilines is 2. The number of hydrogen-bond donors (Lipinski definition) is 6. The van der Waals surface area contributed by atoms with Crippen LogP contribution in [0.25, 0.3) is 67.1 Å². The summed E-state index contributed by atoms with van der Waals surface area (Å²) in [4.78, 5) is 31.6. The number of pyridine rings is 2. The first kappa shape index (κ1) is 58.0. The summed E-state index contributed by atoms with van der Waals surface area (Å²) in [5.74, 6) is 1.28. The first-order valence-corrected chi connectivity index (χ1v) is 26.9. The summed E-state index contributed by atoms with van der Waals surface area (Å²) in [6, 6.07) is 6.52. The largest absolute Gasteiger partial charge is 0.419 e. The molecule has 0 aliphatic heterocycles. The standard InChI is InChI=1S/C25H28F3N7O2.C23H23F3N6O4S.C3H9NO/c1-13-21(14(2)37-35-13)20-8-7-15-16(11-30-23(15)32-20)22-17(25(26,27)28)12-31-24(34-22)33-19-6-4-5-18(19)29-9-10-36-3;1-11-19(12(2)35-32-11)17-8-7-13-14(9-27-21(13)29-17)20-15(23(24,25)26)10-28-22(31-20)30-16-5-4-6-18(16)36-37(3,33)34;1-5-3-2-4/h7-8,11-12,18-19,29H,4-6,9-10H2,1-3H3,(H,30,32)(H,31,33,34);7-10,16,18H,4-6H2,1-3H3,(H,27,29)(H,28,30,31);2-4H2,1H3/t18-,19-;16-,18+;/m00./s1. The highest BCUT2D eigenvalue weighted by atomic mass is 32.2. The van der Waals surface area contributed by atoms with Crippen LogP contribution in [0.2, 0.25) is 0 Å². The highest BCUT2D eigenvalue weighted by molar-refractivity contribution is 7.86. The lowest BCUT2D eigenvalue weighted by Crippen LogP contribution is -2.41. The zero-order chi connectivity index (χ0) is 56.8. The number of alkyl halides is 6. The van der Waals surface area contributed by atoms with Crippen molar-refractivity contribution in [2.45, 2.75) is 103 Å². The van der Waals surface area contributed by atoms with Crippen LogP contribution < -0.4 is 21.7 Å². The van der Waals surface area contributed by atoms with Crippen LogP contribution in [0.1, 0.15) is 72.6 Å². The van der Waals surface area contributed by atoms with E-state index in [0.29, 0.717) is 113 Å². The highest BCUT2D eigenvalue weighted by Crippen LogP contribution is 2.42. The lowest BCUT2D eigenvalue weighted by molar-refractivity contribution is -0.138. The fourth-order valence-corrected chi connectivity index (χ4v) is 10.4. The number of halogens is 6. The molecule has 4 atom stereocenters. The molecule has 0 radical (unpaired) electrons. The summed E-state index contributed by atoms with van der Waals surface area (Å²) >= 11 is 0. The third-order valence-corrected chi connectivity index (χ3v) is 13.9. The van der Waals surface area contributed by atoms with Crippen molar-refractivity contribution >= 4 is 44.1 Å². The van der Waals surface area contributed by atoms with Crippen molar-refractivity contribution in [1.29, 1.82) is 0 Å². The predicted octanol–water partition coefficient (Wildman–Crippen LogP) is 9.09. The van der Waals surface area contributed by atoms with Crippen molar-refractivity contribution in [2.75, 3.05) is 57.4 Å². The zero-order valence-electron chi connectivity index (χ0n) is 44.2. The summed E-state index contributed by atoms with van der Waals surface area (Å²) in [6.45, 7) is 9.68. The molecule has 10 rings (SSSR count). The first-order valence-electron chi connectivity index (χ1n) is 25.1. The van der Waals surface area contributed by atoms with Gasteiger partial charge in [0.2, 0.25) is 11.9 Å². The van der Waals surface area contributed by atoms with Gasteiger partial charge in [0, 0.05) is 86.1 Å². The number of fused-ring (bicyclic) bond motifs is 2. The Hall–Kier alpha value is -7.11. The molecule has 8 aromatic heterocycles. The topological polar surface area (TPSA) is 285 Å². The third kappa shape index (κ3) is 13.7. The van der Waals surface area contributed by atoms with Gasteiger partial charge < -0.3 is 50.2 Å². The number of nitrogens with two attached hydrogens (primary N) is 1. The van der Waals surface area contributed by atoms with E-state index in [9.17, 15) is 34.8 Å². The number of H-pyrrole nitrogens is 2. The Kier molecular flexibility index (Phi) is 18.0. The van der Waals surface area contributed by atoms with Crippen LogP contribution in [0.3, 0.4) is 0 Å².